The molecule has 0 bridgehead atoms. The number of rotatable bonds is 5. The van der Waals surface area contributed by atoms with Gasteiger partial charge in [0, 0.05) is 18.4 Å². The number of nitrogens with one attached hydrogen (secondary N) is 1. The Morgan fingerprint density at radius 2 is 1.95 bits per heavy atom. The van der Waals surface area contributed by atoms with Crippen LogP contribution in [-0.4, -0.2) is 16.1 Å². The highest BCUT2D eigenvalue weighted by Crippen LogP contribution is 2.16. The van der Waals surface area contributed by atoms with Crippen molar-refractivity contribution >= 4 is 11.7 Å². The van der Waals surface area contributed by atoms with Crippen LogP contribution in [0.4, 0.5) is 5.69 Å². The zero-order valence-electron chi connectivity index (χ0n) is 11.6. The van der Waals surface area contributed by atoms with Crippen molar-refractivity contribution in [2.24, 2.45) is 0 Å². The second kappa shape index (κ2) is 6.19. The van der Waals surface area contributed by atoms with Gasteiger partial charge in [-0.25, -0.2) is 9.78 Å². The molecule has 0 unspecified atom stereocenters. The van der Waals surface area contributed by atoms with Crippen molar-refractivity contribution in [2.75, 3.05) is 5.32 Å². The van der Waals surface area contributed by atoms with Crippen LogP contribution in [0.2, 0.25) is 0 Å². The number of anilines is 1. The Hall–Kier alpha value is -2.36. The summed E-state index contributed by atoms with van der Waals surface area (Å²) in [6.45, 7) is 4.98. The molecule has 2 N–H and O–H groups in total. The van der Waals surface area contributed by atoms with Crippen LogP contribution in [0.1, 0.15) is 41.4 Å². The SMILES string of the molecule is CC(C)c1ccc(CNc2ccnc(C(=O)O)c2)cc1. The summed E-state index contributed by atoms with van der Waals surface area (Å²) in [5, 5.41) is 12.1. The van der Waals surface area contributed by atoms with Crippen LogP contribution in [0, 0.1) is 0 Å². The number of carboxylic acids is 1. The molecule has 1 heterocycles. The van der Waals surface area contributed by atoms with Gasteiger partial charge >= 0.3 is 5.97 Å². The molecule has 0 aliphatic heterocycles. The number of aromatic carboxylic acids is 1. The van der Waals surface area contributed by atoms with Crippen molar-refractivity contribution in [2.45, 2.75) is 26.3 Å². The maximum absolute atomic E-state index is 10.8. The van der Waals surface area contributed by atoms with E-state index in [1.807, 2.05) is 0 Å². The molecule has 1 aromatic heterocycles. The molecule has 0 amide bonds. The minimum absolute atomic E-state index is 0.0464. The summed E-state index contributed by atoms with van der Waals surface area (Å²) in [7, 11) is 0. The molecule has 0 aliphatic rings. The Balaban J connectivity index is 2.01. The van der Waals surface area contributed by atoms with Crippen molar-refractivity contribution in [3.05, 3.63) is 59.4 Å². The van der Waals surface area contributed by atoms with Gasteiger partial charge in [0.15, 0.2) is 0 Å². The number of pyridine rings is 1. The zero-order chi connectivity index (χ0) is 14.5. The first kappa shape index (κ1) is 14.1. The fourth-order valence-electron chi connectivity index (χ4n) is 1.88. The van der Waals surface area contributed by atoms with E-state index in [9.17, 15) is 4.79 Å². The highest BCUT2D eigenvalue weighted by molar-refractivity contribution is 5.86. The van der Waals surface area contributed by atoms with Crippen molar-refractivity contribution in [3.63, 3.8) is 0 Å². The topological polar surface area (TPSA) is 62.2 Å². The van der Waals surface area contributed by atoms with Crippen molar-refractivity contribution in [1.29, 1.82) is 0 Å². The third kappa shape index (κ3) is 3.57. The fourth-order valence-corrected chi connectivity index (χ4v) is 1.88. The number of hydrogen-bond donors (Lipinski definition) is 2. The fraction of sp³-hybridized carbons (Fsp3) is 0.250. The molecule has 1 aromatic carbocycles. The van der Waals surface area contributed by atoms with Gasteiger partial charge in [-0.2, -0.15) is 0 Å². The van der Waals surface area contributed by atoms with Crippen LogP contribution in [0.15, 0.2) is 42.6 Å². The summed E-state index contributed by atoms with van der Waals surface area (Å²) in [4.78, 5) is 14.6. The quantitative estimate of drug-likeness (QED) is 0.872. The van der Waals surface area contributed by atoms with E-state index in [1.54, 1.807) is 6.07 Å². The molecule has 0 atom stereocenters. The van der Waals surface area contributed by atoms with E-state index >= 15 is 0 Å². The Bertz CT molecular complexity index is 592. The molecular formula is C16H18N2O2. The number of aromatic nitrogens is 1. The van der Waals surface area contributed by atoms with E-state index in [0.29, 0.717) is 12.5 Å². The van der Waals surface area contributed by atoms with E-state index in [4.69, 9.17) is 5.11 Å². The first-order valence-electron chi connectivity index (χ1n) is 6.58. The Morgan fingerprint density at radius 3 is 2.55 bits per heavy atom. The van der Waals surface area contributed by atoms with Crippen LogP contribution < -0.4 is 5.32 Å². The second-order valence-electron chi connectivity index (χ2n) is 4.98. The van der Waals surface area contributed by atoms with Gasteiger partial charge in [0.1, 0.15) is 5.69 Å². The minimum Gasteiger partial charge on any atom is -0.477 e. The highest BCUT2D eigenvalue weighted by Gasteiger charge is 2.05. The zero-order valence-corrected chi connectivity index (χ0v) is 11.6. The van der Waals surface area contributed by atoms with Gasteiger partial charge in [0.05, 0.1) is 0 Å². The van der Waals surface area contributed by atoms with Gasteiger partial charge in [-0.05, 0) is 29.2 Å². The summed E-state index contributed by atoms with van der Waals surface area (Å²) in [5.41, 5.74) is 3.27. The largest absolute Gasteiger partial charge is 0.477 e. The van der Waals surface area contributed by atoms with Crippen molar-refractivity contribution < 1.29 is 9.90 Å². The van der Waals surface area contributed by atoms with Crippen LogP contribution in [0.25, 0.3) is 0 Å². The van der Waals surface area contributed by atoms with E-state index < -0.39 is 5.97 Å². The summed E-state index contributed by atoms with van der Waals surface area (Å²) >= 11 is 0. The van der Waals surface area contributed by atoms with Crippen LogP contribution in [0.3, 0.4) is 0 Å². The Kier molecular flexibility index (Phi) is 4.35. The number of benzene rings is 1. The molecule has 0 aliphatic carbocycles. The molecule has 0 spiro atoms. The lowest BCUT2D eigenvalue weighted by Gasteiger charge is -2.09. The number of carboxylic acid groups (broad SMARTS) is 1. The summed E-state index contributed by atoms with van der Waals surface area (Å²) in [6, 6.07) is 11.7. The molecule has 0 saturated carbocycles. The average molecular weight is 270 g/mol. The molecule has 0 fully saturated rings. The molecule has 4 heteroatoms. The summed E-state index contributed by atoms with van der Waals surface area (Å²) in [5.74, 6) is -0.495. The average Bonchev–Trinajstić information content (AvgIpc) is 2.46. The maximum Gasteiger partial charge on any atom is 0.354 e. The summed E-state index contributed by atoms with van der Waals surface area (Å²) in [6.07, 6.45) is 1.49. The predicted octanol–water partition coefficient (Wildman–Crippen LogP) is 3.52. The highest BCUT2D eigenvalue weighted by atomic mass is 16.4. The predicted molar refractivity (Wildman–Crippen MR) is 79.1 cm³/mol. The van der Waals surface area contributed by atoms with E-state index in [0.717, 1.165) is 11.3 Å². The number of carbonyl (C=O) groups is 1. The second-order valence-corrected chi connectivity index (χ2v) is 4.98. The van der Waals surface area contributed by atoms with Gasteiger partial charge in [0.2, 0.25) is 0 Å². The Morgan fingerprint density at radius 1 is 1.25 bits per heavy atom. The van der Waals surface area contributed by atoms with Gasteiger partial charge in [-0.15, -0.1) is 0 Å². The van der Waals surface area contributed by atoms with Gasteiger partial charge in [0.25, 0.3) is 0 Å². The first-order chi connectivity index (χ1) is 9.56. The lowest BCUT2D eigenvalue weighted by atomic mass is 10.0. The van der Waals surface area contributed by atoms with Crippen LogP contribution in [-0.2, 0) is 6.54 Å². The minimum atomic E-state index is -1.02. The maximum atomic E-state index is 10.8. The molecule has 4 nitrogen and oxygen atoms in total. The lowest BCUT2D eigenvalue weighted by Crippen LogP contribution is -2.04. The lowest BCUT2D eigenvalue weighted by molar-refractivity contribution is 0.0690. The molecule has 20 heavy (non-hydrogen) atoms. The van der Waals surface area contributed by atoms with Crippen LogP contribution in [0.5, 0.6) is 0 Å². The summed E-state index contributed by atoms with van der Waals surface area (Å²) < 4.78 is 0. The van der Waals surface area contributed by atoms with Gasteiger partial charge < -0.3 is 10.4 Å². The van der Waals surface area contributed by atoms with Gasteiger partial charge in [-0.3, -0.25) is 0 Å². The van der Waals surface area contributed by atoms with Crippen molar-refractivity contribution in [1.82, 2.24) is 4.98 Å². The normalized spacial score (nSPS) is 10.6. The number of nitrogens with zero attached hydrogens (tertiary/aromatic N) is 1. The van der Waals surface area contributed by atoms with E-state index in [1.165, 1.54) is 17.8 Å². The third-order valence-electron chi connectivity index (χ3n) is 3.12. The molecule has 2 aromatic rings. The molecular weight excluding hydrogens is 252 g/mol. The molecule has 2 rings (SSSR count). The van der Waals surface area contributed by atoms with Crippen molar-refractivity contribution in [3.8, 4) is 0 Å². The standard InChI is InChI=1S/C16H18N2O2/c1-11(2)13-5-3-12(4-6-13)10-18-14-7-8-17-15(9-14)16(19)20/h3-9,11H,10H2,1-2H3,(H,17,18)(H,19,20). The molecule has 0 radical (unpaired) electrons. The smallest absolute Gasteiger partial charge is 0.354 e. The van der Waals surface area contributed by atoms with Gasteiger partial charge in [-0.1, -0.05) is 38.1 Å². The molecule has 0 saturated heterocycles. The van der Waals surface area contributed by atoms with Crippen LogP contribution >= 0.6 is 0 Å². The number of hydrogen-bond acceptors (Lipinski definition) is 3. The van der Waals surface area contributed by atoms with E-state index in [2.05, 4.69) is 48.4 Å². The Labute approximate surface area is 118 Å². The molecule has 104 valence electrons. The van der Waals surface area contributed by atoms with E-state index in [-0.39, 0.29) is 5.69 Å². The monoisotopic (exact) mass is 270 g/mol. The first-order valence-corrected chi connectivity index (χ1v) is 6.58. The third-order valence-corrected chi connectivity index (χ3v) is 3.12.